The van der Waals surface area contributed by atoms with Gasteiger partial charge in [0.05, 0.1) is 22.4 Å². The van der Waals surface area contributed by atoms with Gasteiger partial charge in [-0.1, -0.05) is 43.9 Å². The molecule has 66 heavy (non-hydrogen) atoms. The highest BCUT2D eigenvalue weighted by molar-refractivity contribution is 6.26. The van der Waals surface area contributed by atoms with Crippen LogP contribution in [0.4, 0.5) is 11.4 Å². The maximum atomic E-state index is 13.5. The van der Waals surface area contributed by atoms with E-state index in [9.17, 15) is 43.2 Å². The number of piperidine rings is 1. The number of unbranched alkanes of at least 4 members (excludes halogenated alkanes) is 5. The number of benzene rings is 4. The lowest BCUT2D eigenvalue weighted by Gasteiger charge is -2.27. The van der Waals surface area contributed by atoms with E-state index in [-0.39, 0.29) is 65.8 Å². The summed E-state index contributed by atoms with van der Waals surface area (Å²) in [7, 11) is 0. The van der Waals surface area contributed by atoms with Gasteiger partial charge in [-0.15, -0.1) is 0 Å². The number of rotatable bonds is 18. The molecule has 0 spiro atoms. The number of ether oxygens (including phenoxy) is 1. The Bertz CT molecular complexity index is 2610. The maximum absolute atomic E-state index is 13.5. The molecule has 1 saturated carbocycles. The number of hydrogen-bond acceptors (Lipinski definition) is 10. The predicted octanol–water partition coefficient (Wildman–Crippen LogP) is 4.98. The average molecular weight is 896 g/mol. The molecule has 1 aliphatic carbocycles. The lowest BCUT2D eigenvalue weighted by atomic mass is 10.0. The highest BCUT2D eigenvalue weighted by atomic mass is 16.5. The van der Waals surface area contributed by atoms with Crippen LogP contribution in [-0.4, -0.2) is 94.7 Å². The minimum absolute atomic E-state index is 0.00387. The van der Waals surface area contributed by atoms with E-state index in [0.29, 0.717) is 59.9 Å². The molecule has 17 heteroatoms. The first-order valence-electron chi connectivity index (χ1n) is 22.2. The molecule has 0 bridgehead atoms. The Kier molecular flexibility index (Phi) is 13.6. The molecule has 1 unspecified atom stereocenters. The molecule has 3 heterocycles. The fourth-order valence-electron chi connectivity index (χ4n) is 8.26. The molecule has 17 nitrogen and oxygen atoms in total. The molecule has 1 atom stereocenters. The van der Waals surface area contributed by atoms with E-state index in [4.69, 9.17) is 4.74 Å². The van der Waals surface area contributed by atoms with Gasteiger partial charge >= 0.3 is 0 Å². The van der Waals surface area contributed by atoms with Gasteiger partial charge in [-0.25, -0.2) is 0 Å². The normalized spacial score (nSPS) is 16.3. The van der Waals surface area contributed by atoms with Gasteiger partial charge in [0.15, 0.2) is 6.61 Å². The second-order valence-corrected chi connectivity index (χ2v) is 16.7. The number of carbonyl (C=O) groups excluding carboxylic acids is 9. The van der Waals surface area contributed by atoms with Crippen LogP contribution in [0.2, 0.25) is 0 Å². The van der Waals surface area contributed by atoms with Crippen molar-refractivity contribution < 1.29 is 47.9 Å². The summed E-state index contributed by atoms with van der Waals surface area (Å²) in [5.74, 6) is -3.50. The molecule has 340 valence electrons. The molecule has 4 aliphatic rings. The highest BCUT2D eigenvalue weighted by Gasteiger charge is 2.46. The Morgan fingerprint density at radius 2 is 1.32 bits per heavy atom. The second kappa shape index (κ2) is 20.0. The van der Waals surface area contributed by atoms with E-state index in [2.05, 4.69) is 26.6 Å². The topological polar surface area (TPSA) is 229 Å². The van der Waals surface area contributed by atoms with Crippen molar-refractivity contribution in [1.29, 1.82) is 0 Å². The number of nitrogens with zero attached hydrogens (tertiary/aromatic N) is 2. The van der Waals surface area contributed by atoms with Crippen LogP contribution in [0, 0.1) is 0 Å². The molecule has 8 rings (SSSR count). The molecule has 5 N–H and O–H groups in total. The first-order valence-corrected chi connectivity index (χ1v) is 22.2. The van der Waals surface area contributed by atoms with Crippen LogP contribution < -0.4 is 31.3 Å². The lowest BCUT2D eigenvalue weighted by Crippen LogP contribution is -2.54. The van der Waals surface area contributed by atoms with Crippen LogP contribution in [-0.2, 0) is 20.9 Å². The SMILES string of the molecule is O=C1CCC(N2C(=O)c3cccc(C(=O)NCCCCCCCCNC(=O)c4ccc(NC(=O)c5ccc(CN(C(=O)c6ccc7c(c6)OCC(=O)N7)C6CC6)cc5)cc4)c3C2=O)C(=O)N1. The summed E-state index contributed by atoms with van der Waals surface area (Å²) in [6, 6.07) is 22.2. The van der Waals surface area contributed by atoms with Crippen molar-refractivity contribution >= 4 is 64.5 Å². The first-order chi connectivity index (χ1) is 31.9. The van der Waals surface area contributed by atoms with Crippen molar-refractivity contribution in [3.8, 4) is 5.75 Å². The van der Waals surface area contributed by atoms with Gasteiger partial charge in [0.2, 0.25) is 11.8 Å². The van der Waals surface area contributed by atoms with Crippen LogP contribution in [0.3, 0.4) is 0 Å². The zero-order valence-electron chi connectivity index (χ0n) is 36.1. The lowest BCUT2D eigenvalue weighted by molar-refractivity contribution is -0.136. The third kappa shape index (κ3) is 10.3. The Morgan fingerprint density at radius 3 is 2.02 bits per heavy atom. The largest absolute Gasteiger partial charge is 0.482 e. The Balaban J connectivity index is 0.703. The van der Waals surface area contributed by atoms with Crippen LogP contribution in [0.15, 0.2) is 84.9 Å². The number of nitrogens with one attached hydrogen (secondary N) is 5. The molecule has 3 aliphatic heterocycles. The van der Waals surface area contributed by atoms with E-state index in [1.165, 1.54) is 18.2 Å². The summed E-state index contributed by atoms with van der Waals surface area (Å²) in [5.41, 5.74) is 3.40. The second-order valence-electron chi connectivity index (χ2n) is 16.7. The summed E-state index contributed by atoms with van der Waals surface area (Å²) in [5, 5.41) is 13.5. The quantitative estimate of drug-likeness (QED) is 0.0665. The van der Waals surface area contributed by atoms with E-state index in [1.807, 2.05) is 17.0 Å². The number of carbonyl (C=O) groups is 9. The molecule has 1 saturated heterocycles. The van der Waals surface area contributed by atoms with E-state index >= 15 is 0 Å². The summed E-state index contributed by atoms with van der Waals surface area (Å²) in [6.07, 6.45) is 6.97. The zero-order valence-corrected chi connectivity index (χ0v) is 36.1. The summed E-state index contributed by atoms with van der Waals surface area (Å²) in [4.78, 5) is 117. The van der Waals surface area contributed by atoms with Crippen molar-refractivity contribution in [2.24, 2.45) is 0 Å². The number of fused-ring (bicyclic) bond motifs is 2. The Morgan fingerprint density at radius 1 is 0.667 bits per heavy atom. The van der Waals surface area contributed by atoms with Crippen LogP contribution >= 0.6 is 0 Å². The van der Waals surface area contributed by atoms with Crippen LogP contribution in [0.25, 0.3) is 0 Å². The minimum atomic E-state index is -1.11. The molecule has 4 aromatic carbocycles. The zero-order chi connectivity index (χ0) is 46.3. The van der Waals surface area contributed by atoms with Gasteiger partial charge in [0.25, 0.3) is 41.4 Å². The van der Waals surface area contributed by atoms with Gasteiger partial charge in [-0.3, -0.25) is 53.4 Å². The number of hydrogen-bond donors (Lipinski definition) is 5. The molecule has 0 aromatic heterocycles. The summed E-state index contributed by atoms with van der Waals surface area (Å²) < 4.78 is 5.50. The third-order valence-electron chi connectivity index (χ3n) is 12.0. The Hall–Kier alpha value is -7.69. The van der Waals surface area contributed by atoms with Crippen molar-refractivity contribution in [3.05, 3.63) is 124 Å². The van der Waals surface area contributed by atoms with Crippen LogP contribution in [0.5, 0.6) is 5.75 Å². The highest BCUT2D eigenvalue weighted by Crippen LogP contribution is 2.34. The minimum Gasteiger partial charge on any atom is -0.482 e. The maximum Gasteiger partial charge on any atom is 0.263 e. The van der Waals surface area contributed by atoms with Gasteiger partial charge in [-0.2, -0.15) is 0 Å². The van der Waals surface area contributed by atoms with Crippen molar-refractivity contribution in [2.75, 3.05) is 30.3 Å². The molecule has 2 fully saturated rings. The number of anilines is 2. The molecule has 9 amide bonds. The first kappa shape index (κ1) is 44.9. The summed E-state index contributed by atoms with van der Waals surface area (Å²) in [6.45, 7) is 1.15. The van der Waals surface area contributed by atoms with Crippen molar-refractivity contribution in [3.63, 3.8) is 0 Å². The summed E-state index contributed by atoms with van der Waals surface area (Å²) >= 11 is 0. The predicted molar refractivity (Wildman–Crippen MR) is 240 cm³/mol. The monoisotopic (exact) mass is 895 g/mol. The van der Waals surface area contributed by atoms with Crippen molar-refractivity contribution in [1.82, 2.24) is 25.8 Å². The molecule has 4 aromatic rings. The standard InChI is InChI=1S/C49H49N7O10/c57-40-23-22-38(46(62)54-40)56-48(64)36-9-7-8-35(42(36)49(56)65)45(61)51-25-6-4-2-1-3-5-24-50-43(59)30-14-17-33(18-15-30)52-44(60)31-12-10-29(11-13-31)27-55(34-19-20-34)47(63)32-16-21-37-39(26-32)66-28-41(58)53-37/h7-18,21,26,34,38H,1-6,19-20,22-25,27-28H2,(H,50,59)(H,51,61)(H,52,60)(H,53,58)(H,54,57,62). The molecular weight excluding hydrogens is 847 g/mol. The van der Waals surface area contributed by atoms with E-state index < -0.39 is 35.6 Å². The van der Waals surface area contributed by atoms with Crippen LogP contribution in [0.1, 0.15) is 132 Å². The average Bonchev–Trinajstić information content (AvgIpc) is 4.13. The van der Waals surface area contributed by atoms with Gasteiger partial charge in [-0.05, 0) is 104 Å². The fourth-order valence-corrected chi connectivity index (χ4v) is 8.26. The van der Waals surface area contributed by atoms with E-state index in [0.717, 1.165) is 55.4 Å². The van der Waals surface area contributed by atoms with Gasteiger partial charge in [0.1, 0.15) is 11.8 Å². The van der Waals surface area contributed by atoms with Gasteiger partial charge < -0.3 is 30.9 Å². The molecular formula is C49H49N7O10. The number of amides is 9. The smallest absolute Gasteiger partial charge is 0.263 e. The molecule has 0 radical (unpaired) electrons. The Labute approximate surface area is 380 Å². The number of imide groups is 2. The van der Waals surface area contributed by atoms with Crippen molar-refractivity contribution in [2.45, 2.75) is 82.8 Å². The fraction of sp³-hybridized carbons (Fsp3) is 0.327. The van der Waals surface area contributed by atoms with Gasteiger partial charge in [0, 0.05) is 54.5 Å². The van der Waals surface area contributed by atoms with E-state index in [1.54, 1.807) is 54.6 Å². The third-order valence-corrected chi connectivity index (χ3v) is 12.0.